The smallest absolute Gasteiger partial charge is 0.0363 e. The molecule has 58 valence electrons. The van der Waals surface area contributed by atoms with Crippen LogP contribution in [0.15, 0.2) is 11.4 Å². The maximum atomic E-state index is 5.67. The quantitative estimate of drug-likeness (QED) is 0.701. The number of hydrogen-bond acceptors (Lipinski definition) is 2. The average Bonchev–Trinajstić information content (AvgIpc) is 2.13. The van der Waals surface area contributed by atoms with Gasteiger partial charge in [-0.3, -0.25) is 0 Å². The van der Waals surface area contributed by atoms with Crippen LogP contribution in [0.4, 0.5) is 0 Å². The third kappa shape index (κ3) is 1.97. The summed E-state index contributed by atoms with van der Waals surface area (Å²) in [6.45, 7) is 4.11. The molecule has 0 aliphatic carbocycles. The minimum atomic E-state index is 0. The molecule has 1 rings (SSSR count). The van der Waals surface area contributed by atoms with E-state index in [1.54, 1.807) is 11.3 Å². The van der Waals surface area contributed by atoms with Gasteiger partial charge in [-0.25, -0.2) is 0 Å². The zero-order chi connectivity index (χ0) is 6.85. The highest BCUT2D eigenvalue weighted by atomic mass is 35.5. The topological polar surface area (TPSA) is 26.0 Å². The maximum absolute atomic E-state index is 5.67. The Labute approximate surface area is 71.7 Å². The van der Waals surface area contributed by atoms with Crippen molar-refractivity contribution >= 4 is 23.7 Å². The summed E-state index contributed by atoms with van der Waals surface area (Å²) in [5, 5.41) is 2.08. The SMILES string of the molecule is Cc1ccsc1[C@H](C)N.Cl. The zero-order valence-corrected chi connectivity index (χ0v) is 7.76. The Kier molecular flexibility index (Phi) is 3.94. The van der Waals surface area contributed by atoms with E-state index >= 15 is 0 Å². The molecule has 0 saturated carbocycles. The molecule has 0 bridgehead atoms. The molecule has 2 N–H and O–H groups in total. The van der Waals surface area contributed by atoms with Gasteiger partial charge in [0.25, 0.3) is 0 Å². The van der Waals surface area contributed by atoms with E-state index in [-0.39, 0.29) is 18.4 Å². The van der Waals surface area contributed by atoms with Gasteiger partial charge in [0, 0.05) is 10.9 Å². The number of thiophene rings is 1. The summed E-state index contributed by atoms with van der Waals surface area (Å²) in [6, 6.07) is 2.30. The standard InChI is InChI=1S/C7H11NS.ClH/c1-5-3-4-9-7(5)6(2)8;/h3-4,6H,8H2,1-2H3;1H/t6-;/m0./s1. The normalized spacial score (nSPS) is 12.3. The van der Waals surface area contributed by atoms with Gasteiger partial charge in [-0.2, -0.15) is 0 Å². The van der Waals surface area contributed by atoms with E-state index in [0.29, 0.717) is 0 Å². The number of halogens is 1. The fourth-order valence-corrected chi connectivity index (χ4v) is 1.74. The molecule has 0 aliphatic heterocycles. The van der Waals surface area contributed by atoms with Crippen molar-refractivity contribution in [1.29, 1.82) is 0 Å². The van der Waals surface area contributed by atoms with Crippen LogP contribution in [-0.4, -0.2) is 0 Å². The van der Waals surface area contributed by atoms with Gasteiger partial charge in [-0.05, 0) is 30.9 Å². The minimum absolute atomic E-state index is 0. The molecule has 0 aromatic carbocycles. The Balaban J connectivity index is 0.000000810. The molecule has 0 spiro atoms. The minimum Gasteiger partial charge on any atom is -0.323 e. The molecular weight excluding hydrogens is 166 g/mol. The Bertz CT molecular complexity index is 195. The highest BCUT2D eigenvalue weighted by Crippen LogP contribution is 2.20. The monoisotopic (exact) mass is 177 g/mol. The summed E-state index contributed by atoms with van der Waals surface area (Å²) in [6.07, 6.45) is 0. The van der Waals surface area contributed by atoms with Gasteiger partial charge in [-0.1, -0.05) is 0 Å². The largest absolute Gasteiger partial charge is 0.323 e. The Morgan fingerprint density at radius 2 is 2.20 bits per heavy atom. The molecule has 0 saturated heterocycles. The molecule has 1 heterocycles. The lowest BCUT2D eigenvalue weighted by Crippen LogP contribution is -2.03. The molecule has 1 aromatic rings. The number of aryl methyl sites for hydroxylation is 1. The number of nitrogens with two attached hydrogens (primary N) is 1. The van der Waals surface area contributed by atoms with Crippen LogP contribution in [0.25, 0.3) is 0 Å². The van der Waals surface area contributed by atoms with E-state index in [9.17, 15) is 0 Å². The van der Waals surface area contributed by atoms with Crippen LogP contribution >= 0.6 is 23.7 Å². The molecule has 3 heteroatoms. The van der Waals surface area contributed by atoms with Crippen LogP contribution in [0.3, 0.4) is 0 Å². The molecule has 10 heavy (non-hydrogen) atoms. The fourth-order valence-electron chi connectivity index (χ4n) is 0.851. The van der Waals surface area contributed by atoms with E-state index in [0.717, 1.165) is 0 Å². The van der Waals surface area contributed by atoms with Crippen molar-refractivity contribution in [3.05, 3.63) is 21.9 Å². The van der Waals surface area contributed by atoms with Crippen molar-refractivity contribution in [3.8, 4) is 0 Å². The summed E-state index contributed by atoms with van der Waals surface area (Å²) >= 11 is 1.73. The Morgan fingerprint density at radius 3 is 2.40 bits per heavy atom. The summed E-state index contributed by atoms with van der Waals surface area (Å²) in [4.78, 5) is 1.30. The van der Waals surface area contributed by atoms with Crippen LogP contribution in [-0.2, 0) is 0 Å². The third-order valence-corrected chi connectivity index (χ3v) is 2.54. The van der Waals surface area contributed by atoms with Gasteiger partial charge in [0.15, 0.2) is 0 Å². The Morgan fingerprint density at radius 1 is 1.60 bits per heavy atom. The molecule has 1 aromatic heterocycles. The second kappa shape index (κ2) is 3.96. The first-order valence-corrected chi connectivity index (χ1v) is 3.89. The van der Waals surface area contributed by atoms with Crippen molar-refractivity contribution in [2.45, 2.75) is 19.9 Å². The van der Waals surface area contributed by atoms with Crippen molar-refractivity contribution in [2.24, 2.45) is 5.73 Å². The zero-order valence-electron chi connectivity index (χ0n) is 6.13. The molecule has 0 fully saturated rings. The first-order valence-electron chi connectivity index (χ1n) is 3.01. The maximum Gasteiger partial charge on any atom is 0.0363 e. The van der Waals surface area contributed by atoms with Crippen LogP contribution in [0.2, 0.25) is 0 Å². The number of rotatable bonds is 1. The van der Waals surface area contributed by atoms with E-state index in [2.05, 4.69) is 18.4 Å². The highest BCUT2D eigenvalue weighted by molar-refractivity contribution is 7.10. The third-order valence-electron chi connectivity index (χ3n) is 1.32. The van der Waals surface area contributed by atoms with E-state index in [1.165, 1.54) is 10.4 Å². The lowest BCUT2D eigenvalue weighted by atomic mass is 10.2. The van der Waals surface area contributed by atoms with Crippen molar-refractivity contribution in [1.82, 2.24) is 0 Å². The summed E-state index contributed by atoms with van der Waals surface area (Å²) in [5.74, 6) is 0. The van der Waals surface area contributed by atoms with Gasteiger partial charge in [0.05, 0.1) is 0 Å². The van der Waals surface area contributed by atoms with Gasteiger partial charge in [0.1, 0.15) is 0 Å². The summed E-state index contributed by atoms with van der Waals surface area (Å²) in [5.41, 5.74) is 6.98. The second-order valence-corrected chi connectivity index (χ2v) is 3.20. The van der Waals surface area contributed by atoms with Crippen molar-refractivity contribution in [3.63, 3.8) is 0 Å². The number of hydrogen-bond donors (Lipinski definition) is 1. The van der Waals surface area contributed by atoms with Crippen molar-refractivity contribution in [2.75, 3.05) is 0 Å². The summed E-state index contributed by atoms with van der Waals surface area (Å²) in [7, 11) is 0. The molecule has 0 unspecified atom stereocenters. The van der Waals surface area contributed by atoms with Crippen LogP contribution in [0, 0.1) is 6.92 Å². The lowest BCUT2D eigenvalue weighted by Gasteiger charge is -2.00. The first kappa shape index (κ1) is 9.95. The van der Waals surface area contributed by atoms with Crippen LogP contribution < -0.4 is 5.73 Å². The van der Waals surface area contributed by atoms with Crippen molar-refractivity contribution < 1.29 is 0 Å². The highest BCUT2D eigenvalue weighted by Gasteiger charge is 2.02. The molecular formula is C7H12ClNS. The van der Waals surface area contributed by atoms with Gasteiger partial charge in [-0.15, -0.1) is 23.7 Å². The summed E-state index contributed by atoms with van der Waals surface area (Å²) < 4.78 is 0. The van der Waals surface area contributed by atoms with E-state index < -0.39 is 0 Å². The average molecular weight is 178 g/mol. The van der Waals surface area contributed by atoms with Gasteiger partial charge < -0.3 is 5.73 Å². The molecule has 0 aliphatic rings. The van der Waals surface area contributed by atoms with E-state index in [1.807, 2.05) is 6.92 Å². The van der Waals surface area contributed by atoms with Crippen LogP contribution in [0.1, 0.15) is 23.4 Å². The second-order valence-electron chi connectivity index (χ2n) is 2.26. The predicted molar refractivity (Wildman–Crippen MR) is 48.9 cm³/mol. The molecule has 0 amide bonds. The molecule has 1 nitrogen and oxygen atoms in total. The first-order chi connectivity index (χ1) is 4.22. The lowest BCUT2D eigenvalue weighted by molar-refractivity contribution is 0.831. The van der Waals surface area contributed by atoms with Gasteiger partial charge >= 0.3 is 0 Å². The van der Waals surface area contributed by atoms with E-state index in [4.69, 9.17) is 5.73 Å². The van der Waals surface area contributed by atoms with Gasteiger partial charge in [0.2, 0.25) is 0 Å². The Hall–Kier alpha value is -0.0500. The molecule has 0 radical (unpaired) electrons. The molecule has 1 atom stereocenters. The predicted octanol–water partition coefficient (Wildman–Crippen LogP) is 2.50. The fraction of sp³-hybridized carbons (Fsp3) is 0.429. The van der Waals surface area contributed by atoms with Crippen LogP contribution in [0.5, 0.6) is 0 Å².